The van der Waals surface area contributed by atoms with Crippen molar-refractivity contribution < 1.29 is 4.79 Å². The highest BCUT2D eigenvalue weighted by Crippen LogP contribution is 2.23. The van der Waals surface area contributed by atoms with Crippen LogP contribution in [0.15, 0.2) is 6.33 Å². The van der Waals surface area contributed by atoms with Gasteiger partial charge in [0, 0.05) is 25.7 Å². The van der Waals surface area contributed by atoms with Gasteiger partial charge >= 0.3 is 0 Å². The lowest BCUT2D eigenvalue weighted by atomic mass is 10.2. The van der Waals surface area contributed by atoms with E-state index in [4.69, 9.17) is 11.6 Å². The van der Waals surface area contributed by atoms with Crippen molar-refractivity contribution >= 4 is 23.3 Å². The Balaban J connectivity index is 2.89. The van der Waals surface area contributed by atoms with Gasteiger partial charge in [-0.3, -0.25) is 4.79 Å². The molecule has 1 aromatic rings. The van der Waals surface area contributed by atoms with Crippen LogP contribution in [0.25, 0.3) is 0 Å². The molecule has 0 bridgehead atoms. The SMILES string of the molecule is CCCc1c(Cl)ncnc1N(C)CC(=O)N(CC)CC. The van der Waals surface area contributed by atoms with E-state index in [1.807, 2.05) is 25.8 Å². The average Bonchev–Trinajstić information content (AvgIpc) is 2.42. The van der Waals surface area contributed by atoms with Crippen LogP contribution in [-0.4, -0.2) is 47.5 Å². The number of halogens is 1. The summed E-state index contributed by atoms with van der Waals surface area (Å²) < 4.78 is 0. The largest absolute Gasteiger partial charge is 0.350 e. The van der Waals surface area contributed by atoms with Crippen molar-refractivity contribution in [3.63, 3.8) is 0 Å². The summed E-state index contributed by atoms with van der Waals surface area (Å²) in [7, 11) is 1.86. The van der Waals surface area contributed by atoms with Crippen LogP contribution >= 0.6 is 11.6 Å². The normalized spacial score (nSPS) is 10.4. The van der Waals surface area contributed by atoms with Gasteiger partial charge in [0.15, 0.2) is 0 Å². The molecule has 0 unspecified atom stereocenters. The second-order valence-corrected chi connectivity index (χ2v) is 5.00. The molecule has 0 saturated carbocycles. The average molecular weight is 299 g/mol. The predicted molar refractivity (Wildman–Crippen MR) is 82.2 cm³/mol. The van der Waals surface area contributed by atoms with Crippen LogP contribution in [0.3, 0.4) is 0 Å². The van der Waals surface area contributed by atoms with Gasteiger partial charge in [-0.15, -0.1) is 0 Å². The summed E-state index contributed by atoms with van der Waals surface area (Å²) in [6.45, 7) is 7.77. The summed E-state index contributed by atoms with van der Waals surface area (Å²) in [5.41, 5.74) is 0.909. The van der Waals surface area contributed by atoms with Crippen LogP contribution in [-0.2, 0) is 11.2 Å². The molecule has 0 N–H and O–H groups in total. The molecular weight excluding hydrogens is 276 g/mol. The lowest BCUT2D eigenvalue weighted by Gasteiger charge is -2.25. The van der Waals surface area contributed by atoms with Crippen LogP contribution in [0.4, 0.5) is 5.82 Å². The standard InChI is InChI=1S/C14H23ClN4O/c1-5-8-11-13(15)16-10-17-14(11)18(4)9-12(20)19(6-2)7-3/h10H,5-9H2,1-4H3. The van der Waals surface area contributed by atoms with Crippen molar-refractivity contribution in [3.8, 4) is 0 Å². The van der Waals surface area contributed by atoms with Crippen molar-refractivity contribution in [3.05, 3.63) is 17.0 Å². The van der Waals surface area contributed by atoms with Crippen LogP contribution in [0, 0.1) is 0 Å². The molecule has 6 heteroatoms. The molecule has 20 heavy (non-hydrogen) atoms. The second kappa shape index (κ2) is 8.04. The molecule has 1 aromatic heterocycles. The molecule has 0 aliphatic carbocycles. The molecule has 5 nitrogen and oxygen atoms in total. The zero-order chi connectivity index (χ0) is 15.1. The van der Waals surface area contributed by atoms with Gasteiger partial charge < -0.3 is 9.80 Å². The van der Waals surface area contributed by atoms with E-state index in [0.29, 0.717) is 11.7 Å². The van der Waals surface area contributed by atoms with Gasteiger partial charge in [-0.1, -0.05) is 24.9 Å². The molecule has 0 spiro atoms. The second-order valence-electron chi connectivity index (χ2n) is 4.64. The number of nitrogens with zero attached hydrogens (tertiary/aromatic N) is 4. The molecule has 1 heterocycles. The van der Waals surface area contributed by atoms with Crippen LogP contribution in [0.5, 0.6) is 0 Å². The zero-order valence-corrected chi connectivity index (χ0v) is 13.4. The molecular formula is C14H23ClN4O. The van der Waals surface area contributed by atoms with Gasteiger partial charge in [0.2, 0.25) is 5.91 Å². The highest BCUT2D eigenvalue weighted by Gasteiger charge is 2.17. The van der Waals surface area contributed by atoms with Crippen molar-refractivity contribution in [2.75, 3.05) is 31.6 Å². The number of hydrogen-bond donors (Lipinski definition) is 0. The van der Waals surface area contributed by atoms with Crippen LogP contribution in [0.1, 0.15) is 32.8 Å². The monoisotopic (exact) mass is 298 g/mol. The minimum Gasteiger partial charge on any atom is -0.350 e. The van der Waals surface area contributed by atoms with Gasteiger partial charge in [0.05, 0.1) is 6.54 Å². The van der Waals surface area contributed by atoms with E-state index in [-0.39, 0.29) is 5.91 Å². The van der Waals surface area contributed by atoms with Gasteiger partial charge in [-0.05, 0) is 20.3 Å². The number of anilines is 1. The maximum Gasteiger partial charge on any atom is 0.242 e. The van der Waals surface area contributed by atoms with Crippen molar-refractivity contribution in [1.82, 2.24) is 14.9 Å². The smallest absolute Gasteiger partial charge is 0.242 e. The number of carbonyl (C=O) groups is 1. The van der Waals surface area contributed by atoms with E-state index in [2.05, 4.69) is 16.9 Å². The Bertz CT molecular complexity index is 449. The molecule has 0 radical (unpaired) electrons. The number of likely N-dealkylation sites (N-methyl/N-ethyl adjacent to an activating group) is 2. The van der Waals surface area contributed by atoms with Crippen LogP contribution < -0.4 is 4.90 Å². The minimum absolute atomic E-state index is 0.0923. The number of rotatable bonds is 7. The summed E-state index contributed by atoms with van der Waals surface area (Å²) in [5.74, 6) is 0.835. The first-order valence-corrected chi connectivity index (χ1v) is 7.41. The summed E-state index contributed by atoms with van der Waals surface area (Å²) in [6.07, 6.45) is 3.20. The first-order chi connectivity index (χ1) is 9.54. The highest BCUT2D eigenvalue weighted by atomic mass is 35.5. The van der Waals surface area contributed by atoms with Gasteiger partial charge in [-0.25, -0.2) is 9.97 Å². The van der Waals surface area contributed by atoms with Crippen molar-refractivity contribution in [1.29, 1.82) is 0 Å². The number of aromatic nitrogens is 2. The maximum atomic E-state index is 12.2. The Hall–Kier alpha value is -1.36. The Morgan fingerprint density at radius 3 is 2.45 bits per heavy atom. The molecule has 0 aliphatic heterocycles. The molecule has 0 aliphatic rings. The quantitative estimate of drug-likeness (QED) is 0.725. The van der Waals surface area contributed by atoms with E-state index < -0.39 is 0 Å². The molecule has 0 atom stereocenters. The van der Waals surface area contributed by atoms with Crippen molar-refractivity contribution in [2.45, 2.75) is 33.6 Å². The topological polar surface area (TPSA) is 49.3 Å². The third-order valence-electron chi connectivity index (χ3n) is 3.22. The fourth-order valence-corrected chi connectivity index (χ4v) is 2.35. The molecule has 1 amide bonds. The molecule has 0 aromatic carbocycles. The summed E-state index contributed by atoms with van der Waals surface area (Å²) in [5, 5.41) is 0.471. The summed E-state index contributed by atoms with van der Waals surface area (Å²) in [6, 6.07) is 0. The predicted octanol–water partition coefficient (Wildman–Crippen LogP) is 2.39. The molecule has 0 fully saturated rings. The van der Waals surface area contributed by atoms with E-state index >= 15 is 0 Å². The summed E-state index contributed by atoms with van der Waals surface area (Å²) >= 11 is 6.13. The highest BCUT2D eigenvalue weighted by molar-refractivity contribution is 6.30. The Kier molecular flexibility index (Phi) is 6.71. The van der Waals surface area contributed by atoms with E-state index in [9.17, 15) is 4.79 Å². The van der Waals surface area contributed by atoms with Gasteiger partial charge in [-0.2, -0.15) is 0 Å². The van der Waals surface area contributed by atoms with E-state index in [1.165, 1.54) is 6.33 Å². The maximum absolute atomic E-state index is 12.2. The fraction of sp³-hybridized carbons (Fsp3) is 0.643. The first kappa shape index (κ1) is 16.7. The Morgan fingerprint density at radius 1 is 1.25 bits per heavy atom. The lowest BCUT2D eigenvalue weighted by molar-refractivity contribution is -0.129. The lowest BCUT2D eigenvalue weighted by Crippen LogP contribution is -2.39. The third kappa shape index (κ3) is 4.07. The summed E-state index contributed by atoms with van der Waals surface area (Å²) in [4.78, 5) is 24.1. The van der Waals surface area contributed by atoms with Crippen LogP contribution in [0.2, 0.25) is 5.15 Å². The number of amides is 1. The Labute approximate surface area is 126 Å². The third-order valence-corrected chi connectivity index (χ3v) is 3.55. The fourth-order valence-electron chi connectivity index (χ4n) is 2.13. The van der Waals surface area contributed by atoms with E-state index in [0.717, 1.165) is 37.3 Å². The molecule has 112 valence electrons. The van der Waals surface area contributed by atoms with E-state index in [1.54, 1.807) is 4.90 Å². The number of hydrogen-bond acceptors (Lipinski definition) is 4. The molecule has 0 saturated heterocycles. The Morgan fingerprint density at radius 2 is 1.90 bits per heavy atom. The zero-order valence-electron chi connectivity index (χ0n) is 12.7. The molecule has 1 rings (SSSR count). The first-order valence-electron chi connectivity index (χ1n) is 7.03. The minimum atomic E-state index is 0.0923. The van der Waals surface area contributed by atoms with Gasteiger partial charge in [0.1, 0.15) is 17.3 Å². The van der Waals surface area contributed by atoms with Crippen molar-refractivity contribution in [2.24, 2.45) is 0 Å². The van der Waals surface area contributed by atoms with Gasteiger partial charge in [0.25, 0.3) is 0 Å². The number of carbonyl (C=O) groups excluding carboxylic acids is 1.